The second-order valence-electron chi connectivity index (χ2n) is 4.60. The zero-order valence-electron chi connectivity index (χ0n) is 11.3. The van der Waals surface area contributed by atoms with Gasteiger partial charge < -0.3 is 4.57 Å². The summed E-state index contributed by atoms with van der Waals surface area (Å²) in [5.41, 5.74) is 3.41. The van der Waals surface area contributed by atoms with E-state index in [1.165, 1.54) is 5.56 Å². The first kappa shape index (κ1) is 13.0. The van der Waals surface area contributed by atoms with Crippen molar-refractivity contribution < 1.29 is 0 Å². The van der Waals surface area contributed by atoms with Gasteiger partial charge in [0.05, 0.1) is 12.2 Å². The molecule has 0 aliphatic rings. The Bertz CT molecular complexity index is 673. The SMILES string of the molecule is CSCc1cn(Cc2cccc(-n3cccc3)c2)nn1. The third-order valence-corrected chi connectivity index (χ3v) is 3.62. The highest BCUT2D eigenvalue weighted by Gasteiger charge is 2.02. The molecule has 0 saturated carbocycles. The van der Waals surface area contributed by atoms with E-state index in [2.05, 4.69) is 45.4 Å². The van der Waals surface area contributed by atoms with Crippen LogP contribution in [0.3, 0.4) is 0 Å². The molecule has 0 N–H and O–H groups in total. The van der Waals surface area contributed by atoms with Crippen LogP contribution in [0, 0.1) is 0 Å². The summed E-state index contributed by atoms with van der Waals surface area (Å²) in [5.74, 6) is 0.906. The molecule has 2 aromatic heterocycles. The minimum Gasteiger partial charge on any atom is -0.324 e. The van der Waals surface area contributed by atoms with Crippen LogP contribution in [0.25, 0.3) is 5.69 Å². The van der Waals surface area contributed by atoms with Gasteiger partial charge in [0, 0.05) is 30.0 Å². The summed E-state index contributed by atoms with van der Waals surface area (Å²) in [6.07, 6.45) is 8.18. The number of benzene rings is 1. The second-order valence-corrected chi connectivity index (χ2v) is 5.47. The molecular formula is C15H16N4S. The number of thioether (sulfide) groups is 1. The Hall–Kier alpha value is -2.01. The van der Waals surface area contributed by atoms with Gasteiger partial charge in [-0.2, -0.15) is 11.8 Å². The number of hydrogen-bond acceptors (Lipinski definition) is 3. The molecular weight excluding hydrogens is 268 g/mol. The number of aromatic nitrogens is 4. The molecule has 20 heavy (non-hydrogen) atoms. The van der Waals surface area contributed by atoms with Crippen LogP contribution < -0.4 is 0 Å². The second kappa shape index (κ2) is 5.96. The Kier molecular flexibility index (Phi) is 3.87. The van der Waals surface area contributed by atoms with Crippen LogP contribution in [0.4, 0.5) is 0 Å². The van der Waals surface area contributed by atoms with Crippen molar-refractivity contribution in [3.63, 3.8) is 0 Å². The highest BCUT2D eigenvalue weighted by molar-refractivity contribution is 7.97. The lowest BCUT2D eigenvalue weighted by Crippen LogP contribution is -2.01. The van der Waals surface area contributed by atoms with Gasteiger partial charge in [-0.1, -0.05) is 17.3 Å². The Morgan fingerprint density at radius 3 is 2.80 bits per heavy atom. The van der Waals surface area contributed by atoms with Gasteiger partial charge in [-0.3, -0.25) is 0 Å². The highest BCUT2D eigenvalue weighted by atomic mass is 32.2. The third kappa shape index (κ3) is 2.93. The summed E-state index contributed by atoms with van der Waals surface area (Å²) in [6.45, 7) is 0.747. The fourth-order valence-electron chi connectivity index (χ4n) is 2.14. The Labute approximate surface area is 122 Å². The Morgan fingerprint density at radius 1 is 1.15 bits per heavy atom. The van der Waals surface area contributed by atoms with E-state index >= 15 is 0 Å². The van der Waals surface area contributed by atoms with Crippen molar-refractivity contribution in [3.05, 3.63) is 66.2 Å². The normalized spacial score (nSPS) is 10.8. The van der Waals surface area contributed by atoms with E-state index in [-0.39, 0.29) is 0 Å². The van der Waals surface area contributed by atoms with Crippen LogP contribution >= 0.6 is 11.8 Å². The summed E-state index contributed by atoms with van der Waals surface area (Å²) >= 11 is 1.76. The van der Waals surface area contributed by atoms with E-state index in [0.717, 1.165) is 23.7 Å². The molecule has 1 aromatic carbocycles. The summed E-state index contributed by atoms with van der Waals surface area (Å²) in [7, 11) is 0. The molecule has 0 saturated heterocycles. The van der Waals surface area contributed by atoms with Gasteiger partial charge in [0.25, 0.3) is 0 Å². The minimum atomic E-state index is 0.747. The molecule has 0 unspecified atom stereocenters. The zero-order valence-corrected chi connectivity index (χ0v) is 12.1. The first-order valence-electron chi connectivity index (χ1n) is 6.45. The smallest absolute Gasteiger partial charge is 0.0925 e. The van der Waals surface area contributed by atoms with Gasteiger partial charge in [0.15, 0.2) is 0 Å². The lowest BCUT2D eigenvalue weighted by atomic mass is 10.2. The minimum absolute atomic E-state index is 0.747. The van der Waals surface area contributed by atoms with Crippen LogP contribution in [-0.2, 0) is 12.3 Å². The van der Waals surface area contributed by atoms with Crippen LogP contribution in [0.2, 0.25) is 0 Å². The molecule has 0 bridgehead atoms. The maximum Gasteiger partial charge on any atom is 0.0925 e. The van der Waals surface area contributed by atoms with E-state index in [1.807, 2.05) is 35.4 Å². The quantitative estimate of drug-likeness (QED) is 0.722. The van der Waals surface area contributed by atoms with Crippen molar-refractivity contribution in [3.8, 4) is 5.69 Å². The van der Waals surface area contributed by atoms with Gasteiger partial charge in [-0.05, 0) is 36.1 Å². The first-order valence-corrected chi connectivity index (χ1v) is 7.85. The molecule has 0 atom stereocenters. The largest absolute Gasteiger partial charge is 0.324 e. The molecule has 0 fully saturated rings. The number of nitrogens with zero attached hydrogens (tertiary/aromatic N) is 4. The molecule has 2 heterocycles. The molecule has 0 spiro atoms. The average molecular weight is 284 g/mol. The molecule has 5 heteroatoms. The molecule has 102 valence electrons. The molecule has 0 radical (unpaired) electrons. The summed E-state index contributed by atoms with van der Waals surface area (Å²) in [6, 6.07) is 12.5. The van der Waals surface area contributed by atoms with E-state index in [4.69, 9.17) is 0 Å². The summed E-state index contributed by atoms with van der Waals surface area (Å²) in [5, 5.41) is 8.33. The number of hydrogen-bond donors (Lipinski definition) is 0. The van der Waals surface area contributed by atoms with Gasteiger partial charge in [0.2, 0.25) is 0 Å². The fraction of sp³-hybridized carbons (Fsp3) is 0.200. The lowest BCUT2D eigenvalue weighted by molar-refractivity contribution is 0.649. The summed E-state index contributed by atoms with van der Waals surface area (Å²) < 4.78 is 3.99. The topological polar surface area (TPSA) is 35.6 Å². The Morgan fingerprint density at radius 2 is 2.00 bits per heavy atom. The maximum absolute atomic E-state index is 4.17. The first-order chi connectivity index (χ1) is 9.85. The van der Waals surface area contributed by atoms with Crippen molar-refractivity contribution in [2.45, 2.75) is 12.3 Å². The highest BCUT2D eigenvalue weighted by Crippen LogP contribution is 2.12. The van der Waals surface area contributed by atoms with E-state index in [1.54, 1.807) is 11.8 Å². The standard InChI is InChI=1S/C15H16N4S/c1-20-12-14-11-19(17-16-14)10-13-5-4-6-15(9-13)18-7-2-3-8-18/h2-9,11H,10,12H2,1H3. The van der Waals surface area contributed by atoms with E-state index < -0.39 is 0 Å². The van der Waals surface area contributed by atoms with Crippen molar-refractivity contribution in [2.24, 2.45) is 0 Å². The van der Waals surface area contributed by atoms with Crippen molar-refractivity contribution in [1.82, 2.24) is 19.6 Å². The third-order valence-electron chi connectivity index (χ3n) is 3.04. The monoisotopic (exact) mass is 284 g/mol. The Balaban J connectivity index is 1.78. The lowest BCUT2D eigenvalue weighted by Gasteiger charge is -2.06. The molecule has 3 rings (SSSR count). The van der Waals surface area contributed by atoms with Crippen LogP contribution in [0.5, 0.6) is 0 Å². The van der Waals surface area contributed by atoms with E-state index in [0.29, 0.717) is 0 Å². The predicted molar refractivity (Wildman–Crippen MR) is 82.1 cm³/mol. The number of rotatable bonds is 5. The predicted octanol–water partition coefficient (Wildman–Crippen LogP) is 2.98. The van der Waals surface area contributed by atoms with Gasteiger partial charge in [0.1, 0.15) is 0 Å². The fourth-order valence-corrected chi connectivity index (χ4v) is 2.57. The zero-order chi connectivity index (χ0) is 13.8. The van der Waals surface area contributed by atoms with Crippen molar-refractivity contribution in [2.75, 3.05) is 6.26 Å². The van der Waals surface area contributed by atoms with Crippen LogP contribution in [-0.4, -0.2) is 25.8 Å². The van der Waals surface area contributed by atoms with Crippen molar-refractivity contribution in [1.29, 1.82) is 0 Å². The van der Waals surface area contributed by atoms with Crippen molar-refractivity contribution >= 4 is 11.8 Å². The van der Waals surface area contributed by atoms with Gasteiger partial charge in [-0.25, -0.2) is 4.68 Å². The summed E-state index contributed by atoms with van der Waals surface area (Å²) in [4.78, 5) is 0. The molecule has 3 aromatic rings. The van der Waals surface area contributed by atoms with Crippen LogP contribution in [0.1, 0.15) is 11.3 Å². The van der Waals surface area contributed by atoms with Crippen LogP contribution in [0.15, 0.2) is 55.0 Å². The molecule has 0 amide bonds. The maximum atomic E-state index is 4.17. The van der Waals surface area contributed by atoms with E-state index in [9.17, 15) is 0 Å². The molecule has 0 aliphatic carbocycles. The molecule has 0 aliphatic heterocycles. The molecule has 4 nitrogen and oxygen atoms in total. The average Bonchev–Trinajstić information content (AvgIpc) is 3.11. The van der Waals surface area contributed by atoms with Gasteiger partial charge >= 0.3 is 0 Å². The van der Waals surface area contributed by atoms with Gasteiger partial charge in [-0.15, -0.1) is 5.10 Å².